The van der Waals surface area contributed by atoms with Crippen LogP contribution < -0.4 is 0 Å². The number of aromatic nitrogens is 7. The van der Waals surface area contributed by atoms with Gasteiger partial charge in [-0.05, 0) is 49.7 Å². The van der Waals surface area contributed by atoms with E-state index < -0.39 is 0 Å². The van der Waals surface area contributed by atoms with Crippen LogP contribution in [0.5, 0.6) is 0 Å². The third-order valence-electron chi connectivity index (χ3n) is 5.65. The average Bonchev–Trinajstić information content (AvgIpc) is 3.50. The van der Waals surface area contributed by atoms with Gasteiger partial charge in [-0.3, -0.25) is 15.1 Å². The highest BCUT2D eigenvalue weighted by atomic mass is 15.1. The van der Waals surface area contributed by atoms with Crippen LogP contribution in [0.25, 0.3) is 50.1 Å². The summed E-state index contributed by atoms with van der Waals surface area (Å²) in [6, 6.07) is 12.4. The van der Waals surface area contributed by atoms with Crippen LogP contribution in [0.15, 0.2) is 67.5 Å². The van der Waals surface area contributed by atoms with Crippen LogP contribution >= 0.6 is 0 Å². The SMILES string of the molecule is Cc1cn(-c2cccc3[nH]c(-c4n[nH]c5cnc(-c6cnccc6C)cc45)cc23)cn1. The molecule has 7 heteroatoms. The van der Waals surface area contributed by atoms with Crippen molar-refractivity contribution in [3.8, 4) is 28.3 Å². The molecule has 5 heterocycles. The lowest BCUT2D eigenvalue weighted by Crippen LogP contribution is -1.89. The lowest BCUT2D eigenvalue weighted by atomic mass is 10.1. The molecule has 6 rings (SSSR count). The summed E-state index contributed by atoms with van der Waals surface area (Å²) in [5.74, 6) is 0. The molecule has 1 aromatic carbocycles. The van der Waals surface area contributed by atoms with E-state index in [0.29, 0.717) is 0 Å². The third kappa shape index (κ3) is 2.82. The van der Waals surface area contributed by atoms with Crippen LogP contribution in [-0.4, -0.2) is 34.7 Å². The zero-order valence-electron chi connectivity index (χ0n) is 17.1. The number of pyridine rings is 2. The number of hydrogen-bond acceptors (Lipinski definition) is 4. The number of nitrogens with zero attached hydrogens (tertiary/aromatic N) is 5. The Labute approximate surface area is 177 Å². The van der Waals surface area contributed by atoms with Crippen molar-refractivity contribution in [3.63, 3.8) is 0 Å². The number of nitrogens with one attached hydrogen (secondary N) is 2. The van der Waals surface area contributed by atoms with Crippen LogP contribution in [0.3, 0.4) is 0 Å². The van der Waals surface area contributed by atoms with Gasteiger partial charge in [-0.25, -0.2) is 4.98 Å². The summed E-state index contributed by atoms with van der Waals surface area (Å²) >= 11 is 0. The summed E-state index contributed by atoms with van der Waals surface area (Å²) in [5, 5.41) is 9.83. The van der Waals surface area contributed by atoms with E-state index in [2.05, 4.69) is 61.3 Å². The topological polar surface area (TPSA) is 88.1 Å². The maximum Gasteiger partial charge on any atom is 0.116 e. The van der Waals surface area contributed by atoms with Gasteiger partial charge in [0.15, 0.2) is 0 Å². The number of aryl methyl sites for hydroxylation is 2. The molecule has 0 atom stereocenters. The molecule has 7 nitrogen and oxygen atoms in total. The van der Waals surface area contributed by atoms with E-state index in [0.717, 1.165) is 61.4 Å². The van der Waals surface area contributed by atoms with Gasteiger partial charge in [-0.2, -0.15) is 5.10 Å². The third-order valence-corrected chi connectivity index (χ3v) is 5.65. The number of hydrogen-bond donors (Lipinski definition) is 2. The van der Waals surface area contributed by atoms with E-state index in [1.807, 2.05) is 48.5 Å². The Morgan fingerprint density at radius 3 is 2.71 bits per heavy atom. The van der Waals surface area contributed by atoms with Gasteiger partial charge in [-0.1, -0.05) is 6.07 Å². The molecule has 2 N–H and O–H groups in total. The fourth-order valence-corrected chi connectivity index (χ4v) is 4.05. The minimum atomic E-state index is 0.865. The van der Waals surface area contributed by atoms with Crippen molar-refractivity contribution in [2.75, 3.05) is 0 Å². The highest BCUT2D eigenvalue weighted by Crippen LogP contribution is 2.33. The molecule has 0 unspecified atom stereocenters. The van der Waals surface area contributed by atoms with Gasteiger partial charge in [0, 0.05) is 40.4 Å². The first-order valence-corrected chi connectivity index (χ1v) is 10.1. The predicted molar refractivity (Wildman–Crippen MR) is 121 cm³/mol. The van der Waals surface area contributed by atoms with Gasteiger partial charge in [0.05, 0.1) is 40.8 Å². The Hall–Kier alpha value is -4.26. The molecule has 6 aromatic rings. The van der Waals surface area contributed by atoms with Crippen LogP contribution in [-0.2, 0) is 0 Å². The van der Waals surface area contributed by atoms with Crippen LogP contribution in [0.1, 0.15) is 11.3 Å². The maximum atomic E-state index is 4.61. The Morgan fingerprint density at radius 1 is 0.935 bits per heavy atom. The minimum absolute atomic E-state index is 0.865. The minimum Gasteiger partial charge on any atom is -0.353 e. The molecule has 31 heavy (non-hydrogen) atoms. The standard InChI is InChI=1S/C24H19N7/c1-14-6-7-25-10-18(14)20-9-17-22(11-26-20)29-30-24(17)21-8-16-19(28-21)4-3-5-23(16)31-12-15(2)27-13-31/h3-13,28H,1-2H3,(H,29,30). The second-order valence-corrected chi connectivity index (χ2v) is 7.72. The molecular formula is C24H19N7. The van der Waals surface area contributed by atoms with Gasteiger partial charge >= 0.3 is 0 Å². The molecule has 0 amide bonds. The number of H-pyrrole nitrogens is 2. The smallest absolute Gasteiger partial charge is 0.116 e. The Kier molecular flexibility index (Phi) is 3.76. The van der Waals surface area contributed by atoms with Crippen molar-refractivity contribution in [2.45, 2.75) is 13.8 Å². The number of benzene rings is 1. The van der Waals surface area contributed by atoms with Crippen LogP contribution in [0.4, 0.5) is 0 Å². The van der Waals surface area contributed by atoms with Crippen molar-refractivity contribution in [1.29, 1.82) is 0 Å². The zero-order chi connectivity index (χ0) is 20.9. The fraction of sp³-hybridized carbons (Fsp3) is 0.0833. The monoisotopic (exact) mass is 405 g/mol. The molecule has 0 bridgehead atoms. The van der Waals surface area contributed by atoms with E-state index >= 15 is 0 Å². The van der Waals surface area contributed by atoms with Gasteiger partial charge in [-0.15, -0.1) is 0 Å². The summed E-state index contributed by atoms with van der Waals surface area (Å²) in [6.07, 6.45) is 9.35. The van der Waals surface area contributed by atoms with Crippen molar-refractivity contribution < 1.29 is 0 Å². The number of imidazole rings is 1. The van der Waals surface area contributed by atoms with Gasteiger partial charge in [0.25, 0.3) is 0 Å². The Balaban J connectivity index is 1.52. The fourth-order valence-electron chi connectivity index (χ4n) is 4.05. The van der Waals surface area contributed by atoms with E-state index in [9.17, 15) is 0 Å². The molecule has 0 fully saturated rings. The van der Waals surface area contributed by atoms with Gasteiger partial charge in [0.2, 0.25) is 0 Å². The summed E-state index contributed by atoms with van der Waals surface area (Å²) in [7, 11) is 0. The molecule has 150 valence electrons. The second-order valence-electron chi connectivity index (χ2n) is 7.72. The van der Waals surface area contributed by atoms with E-state index in [1.54, 1.807) is 6.20 Å². The quantitative estimate of drug-likeness (QED) is 0.435. The summed E-state index contributed by atoms with van der Waals surface area (Å²) in [6.45, 7) is 4.06. The highest BCUT2D eigenvalue weighted by molar-refractivity contribution is 5.98. The molecule has 0 aliphatic rings. The largest absolute Gasteiger partial charge is 0.353 e. The lowest BCUT2D eigenvalue weighted by Gasteiger charge is -2.04. The van der Waals surface area contributed by atoms with Crippen molar-refractivity contribution in [3.05, 3.63) is 78.8 Å². The Morgan fingerprint density at radius 2 is 1.87 bits per heavy atom. The van der Waals surface area contributed by atoms with Crippen molar-refractivity contribution >= 4 is 21.8 Å². The first-order chi connectivity index (χ1) is 15.2. The lowest BCUT2D eigenvalue weighted by molar-refractivity contribution is 1.07. The molecular weight excluding hydrogens is 386 g/mol. The van der Waals surface area contributed by atoms with Gasteiger partial charge < -0.3 is 9.55 Å². The second kappa shape index (κ2) is 6.63. The van der Waals surface area contributed by atoms with Crippen LogP contribution in [0, 0.1) is 13.8 Å². The van der Waals surface area contributed by atoms with Crippen molar-refractivity contribution in [2.24, 2.45) is 0 Å². The first kappa shape index (κ1) is 17.6. The number of rotatable bonds is 3. The van der Waals surface area contributed by atoms with E-state index in [4.69, 9.17) is 0 Å². The molecule has 0 radical (unpaired) electrons. The number of fused-ring (bicyclic) bond motifs is 2. The first-order valence-electron chi connectivity index (χ1n) is 10.1. The van der Waals surface area contributed by atoms with E-state index in [1.165, 1.54) is 0 Å². The molecule has 0 spiro atoms. The van der Waals surface area contributed by atoms with Crippen molar-refractivity contribution in [1.82, 2.24) is 34.7 Å². The molecule has 0 saturated heterocycles. The summed E-state index contributed by atoms with van der Waals surface area (Å²) in [4.78, 5) is 16.8. The molecule has 5 aromatic heterocycles. The summed E-state index contributed by atoms with van der Waals surface area (Å²) < 4.78 is 2.05. The molecule has 0 aliphatic heterocycles. The van der Waals surface area contributed by atoms with Crippen LogP contribution in [0.2, 0.25) is 0 Å². The Bertz CT molecular complexity index is 1570. The molecule has 0 saturated carbocycles. The maximum absolute atomic E-state index is 4.61. The highest BCUT2D eigenvalue weighted by Gasteiger charge is 2.15. The normalized spacial score (nSPS) is 11.5. The summed E-state index contributed by atoms with van der Waals surface area (Å²) in [5.41, 5.74) is 8.85. The molecule has 0 aliphatic carbocycles. The predicted octanol–water partition coefficient (Wildman–Crippen LogP) is 4.97. The zero-order valence-corrected chi connectivity index (χ0v) is 17.1. The van der Waals surface area contributed by atoms with Gasteiger partial charge in [0.1, 0.15) is 5.69 Å². The average molecular weight is 405 g/mol. The number of aromatic amines is 2. The van der Waals surface area contributed by atoms with E-state index in [-0.39, 0.29) is 0 Å².